The molecular weight excluding hydrogens is 564 g/mol. The average molecular weight is 585 g/mol. The van der Waals surface area contributed by atoms with Gasteiger partial charge in [-0.05, 0) is 55.1 Å². The summed E-state index contributed by atoms with van der Waals surface area (Å²) in [6.45, 7) is 1.94. The Hall–Kier alpha value is -4.26. The van der Waals surface area contributed by atoms with Crippen molar-refractivity contribution in [2.24, 2.45) is 14.1 Å². The van der Waals surface area contributed by atoms with Crippen molar-refractivity contribution >= 4 is 56.8 Å². The summed E-state index contributed by atoms with van der Waals surface area (Å²) in [7, 11) is 3.78. The number of hydrogen-bond donors (Lipinski definition) is 0. The van der Waals surface area contributed by atoms with Crippen LogP contribution in [0.4, 0.5) is 0 Å². The molecule has 0 amide bonds. The molecule has 7 aromatic heterocycles. The zero-order chi connectivity index (χ0) is 27.6. The lowest BCUT2D eigenvalue weighted by Gasteiger charge is -2.02. The van der Waals surface area contributed by atoms with Crippen LogP contribution in [-0.2, 0) is 14.1 Å². The zero-order valence-electron chi connectivity index (χ0n) is 21.6. The molecule has 0 saturated heterocycles. The van der Waals surface area contributed by atoms with Crippen LogP contribution in [0.5, 0.6) is 0 Å². The summed E-state index contributed by atoms with van der Waals surface area (Å²) >= 11 is 8.95. The normalized spacial score (nSPS) is 11.1. The Morgan fingerprint density at radius 2 is 1.30 bits per heavy atom. The number of fused-ring (bicyclic) bond motifs is 2. The molecule has 0 N–H and O–H groups in total. The maximum absolute atomic E-state index is 5.87. The van der Waals surface area contributed by atoms with Crippen LogP contribution in [0.25, 0.3) is 44.3 Å². The fourth-order valence-corrected chi connectivity index (χ4v) is 5.79. The van der Waals surface area contributed by atoms with E-state index in [1.807, 2.05) is 82.3 Å². The molecule has 7 heterocycles. The first-order valence-electron chi connectivity index (χ1n) is 12.0. The lowest BCUT2D eigenvalue weighted by molar-refractivity contribution is 0.768. The van der Waals surface area contributed by atoms with Crippen molar-refractivity contribution in [1.82, 2.24) is 49.7 Å². The van der Waals surface area contributed by atoms with Crippen molar-refractivity contribution in [3.05, 3.63) is 83.7 Å². The third-order valence-corrected chi connectivity index (χ3v) is 7.83. The fraction of sp³-hybridized carbons (Fsp3) is 0.111. The van der Waals surface area contributed by atoms with Gasteiger partial charge < -0.3 is 0 Å². The Bertz CT molecular complexity index is 1960. The average Bonchev–Trinajstić information content (AvgIpc) is 3.69. The van der Waals surface area contributed by atoms with Gasteiger partial charge in [0.15, 0.2) is 4.34 Å². The summed E-state index contributed by atoms with van der Waals surface area (Å²) in [5, 5.41) is 18.8. The van der Waals surface area contributed by atoms with Gasteiger partial charge in [-0.15, -0.1) is 10.2 Å². The molecular formula is C27H21ClN10S2. The van der Waals surface area contributed by atoms with Crippen molar-refractivity contribution in [2.45, 2.75) is 16.3 Å². The predicted molar refractivity (Wildman–Crippen MR) is 157 cm³/mol. The molecule has 0 aliphatic rings. The summed E-state index contributed by atoms with van der Waals surface area (Å²) in [4.78, 5) is 17.8. The molecule has 0 spiro atoms. The summed E-state index contributed by atoms with van der Waals surface area (Å²) in [6.07, 6.45) is 11.2. The van der Waals surface area contributed by atoms with E-state index in [1.54, 1.807) is 33.0 Å². The summed E-state index contributed by atoms with van der Waals surface area (Å²) in [5.74, 6) is 0. The monoisotopic (exact) mass is 584 g/mol. The van der Waals surface area contributed by atoms with Crippen LogP contribution in [0.1, 0.15) is 5.01 Å². The summed E-state index contributed by atoms with van der Waals surface area (Å²) in [5.41, 5.74) is 7.39. The van der Waals surface area contributed by atoms with E-state index in [9.17, 15) is 0 Å². The summed E-state index contributed by atoms with van der Waals surface area (Å²) in [6, 6.07) is 11.5. The number of aromatic nitrogens is 10. The fourth-order valence-electron chi connectivity index (χ4n) is 3.89. The van der Waals surface area contributed by atoms with Gasteiger partial charge in [0.2, 0.25) is 0 Å². The van der Waals surface area contributed by atoms with E-state index in [0.29, 0.717) is 5.15 Å². The topological polar surface area (TPSA) is 113 Å². The highest BCUT2D eigenvalue weighted by atomic mass is 35.5. The SMILES string of the molecule is Cc1nnc(Sc2ccc3ncc(-c4cnn(C)c4)cc3n2)s1.Cn1cc(-c2cnc3ccc(Cl)nc3c2)cn1. The molecule has 0 atom stereocenters. The molecule has 0 aliphatic heterocycles. The summed E-state index contributed by atoms with van der Waals surface area (Å²) < 4.78 is 4.42. The molecule has 10 nitrogen and oxygen atoms in total. The first kappa shape index (κ1) is 26.0. The van der Waals surface area contributed by atoms with Gasteiger partial charge in [0.05, 0.1) is 34.5 Å². The Kier molecular flexibility index (Phi) is 7.20. The number of rotatable bonds is 4. The van der Waals surface area contributed by atoms with Gasteiger partial charge in [-0.1, -0.05) is 22.9 Å². The van der Waals surface area contributed by atoms with E-state index in [4.69, 9.17) is 11.6 Å². The minimum absolute atomic E-state index is 0.475. The molecule has 7 rings (SSSR count). The van der Waals surface area contributed by atoms with Crippen molar-refractivity contribution in [3.63, 3.8) is 0 Å². The smallest absolute Gasteiger partial charge is 0.180 e. The largest absolute Gasteiger partial charge is 0.275 e. The molecule has 0 radical (unpaired) electrons. The van der Waals surface area contributed by atoms with Crippen LogP contribution in [0.15, 0.2) is 82.9 Å². The van der Waals surface area contributed by atoms with Crippen molar-refractivity contribution in [2.75, 3.05) is 0 Å². The molecule has 0 unspecified atom stereocenters. The Morgan fingerprint density at radius 3 is 1.85 bits per heavy atom. The quantitative estimate of drug-likeness (QED) is 0.229. The highest BCUT2D eigenvalue weighted by molar-refractivity contribution is 8.01. The third kappa shape index (κ3) is 5.83. The van der Waals surface area contributed by atoms with E-state index >= 15 is 0 Å². The van der Waals surface area contributed by atoms with Gasteiger partial charge in [-0.2, -0.15) is 10.2 Å². The second kappa shape index (κ2) is 11.1. The molecule has 0 aromatic carbocycles. The van der Waals surface area contributed by atoms with Crippen LogP contribution in [-0.4, -0.2) is 49.7 Å². The van der Waals surface area contributed by atoms with Gasteiger partial charge >= 0.3 is 0 Å². The lowest BCUT2D eigenvalue weighted by Crippen LogP contribution is -1.87. The van der Waals surface area contributed by atoms with Gasteiger partial charge in [0.25, 0.3) is 0 Å². The number of pyridine rings is 4. The minimum Gasteiger partial charge on any atom is -0.275 e. The minimum atomic E-state index is 0.475. The highest BCUT2D eigenvalue weighted by Gasteiger charge is 2.08. The number of hydrogen-bond acceptors (Lipinski definition) is 10. The van der Waals surface area contributed by atoms with Crippen LogP contribution in [0.2, 0.25) is 5.15 Å². The molecule has 0 saturated carbocycles. The van der Waals surface area contributed by atoms with Crippen LogP contribution < -0.4 is 0 Å². The van der Waals surface area contributed by atoms with Crippen molar-refractivity contribution in [1.29, 1.82) is 0 Å². The first-order chi connectivity index (χ1) is 19.4. The first-order valence-corrected chi connectivity index (χ1v) is 14.1. The van der Waals surface area contributed by atoms with Gasteiger partial charge in [0.1, 0.15) is 15.2 Å². The highest BCUT2D eigenvalue weighted by Crippen LogP contribution is 2.30. The van der Waals surface area contributed by atoms with E-state index in [2.05, 4.69) is 40.3 Å². The lowest BCUT2D eigenvalue weighted by atomic mass is 10.1. The van der Waals surface area contributed by atoms with Crippen LogP contribution >= 0.6 is 34.7 Å². The van der Waals surface area contributed by atoms with Gasteiger partial charge in [0, 0.05) is 61.1 Å². The second-order valence-electron chi connectivity index (χ2n) is 8.80. The van der Waals surface area contributed by atoms with Crippen LogP contribution in [0.3, 0.4) is 0 Å². The van der Waals surface area contributed by atoms with Crippen molar-refractivity contribution in [3.8, 4) is 22.3 Å². The number of halogens is 1. The predicted octanol–water partition coefficient (Wildman–Crippen LogP) is 6.03. The Balaban J connectivity index is 0.000000151. The van der Waals surface area contributed by atoms with Crippen LogP contribution in [0, 0.1) is 6.92 Å². The zero-order valence-corrected chi connectivity index (χ0v) is 24.0. The molecule has 13 heteroatoms. The molecule has 40 heavy (non-hydrogen) atoms. The standard InChI is InChI=1S/C15H12N6S2.C12H9ClN4/c1-9-19-20-15(22-9)23-14-4-3-12-13(18-14)5-10(6-16-12)11-7-17-21(2)8-11;1-17-7-9(6-15-17)8-4-11-10(14-5-8)2-3-12(13)16-11/h3-8H,1-2H3;2-7H,1H3. The maximum atomic E-state index is 5.87. The molecule has 198 valence electrons. The number of nitrogens with zero attached hydrogens (tertiary/aromatic N) is 10. The van der Waals surface area contributed by atoms with Crippen molar-refractivity contribution < 1.29 is 0 Å². The molecule has 0 bridgehead atoms. The molecule has 0 fully saturated rings. The molecule has 7 aromatic rings. The maximum Gasteiger partial charge on any atom is 0.180 e. The third-order valence-electron chi connectivity index (χ3n) is 5.79. The van der Waals surface area contributed by atoms with Gasteiger partial charge in [-0.3, -0.25) is 19.3 Å². The Labute approximate surface area is 242 Å². The second-order valence-corrected chi connectivity index (χ2v) is 11.6. The number of aryl methyl sites for hydroxylation is 3. The molecule has 0 aliphatic carbocycles. The van der Waals surface area contributed by atoms with E-state index in [0.717, 1.165) is 58.7 Å². The Morgan fingerprint density at radius 1 is 0.700 bits per heavy atom. The van der Waals surface area contributed by atoms with E-state index in [1.165, 1.54) is 11.8 Å². The van der Waals surface area contributed by atoms with Gasteiger partial charge in [-0.25, -0.2) is 9.97 Å². The van der Waals surface area contributed by atoms with E-state index < -0.39 is 0 Å². The van der Waals surface area contributed by atoms with E-state index in [-0.39, 0.29) is 0 Å².